The Labute approximate surface area is 134 Å². The lowest BCUT2D eigenvalue weighted by Gasteiger charge is -2.21. The first-order chi connectivity index (χ1) is 10.2. The van der Waals surface area contributed by atoms with E-state index in [1.165, 1.54) is 11.1 Å². The van der Waals surface area contributed by atoms with Crippen LogP contribution in [-0.4, -0.2) is 18.6 Å². The number of nitrogens with zero attached hydrogens (tertiary/aromatic N) is 1. The van der Waals surface area contributed by atoms with Gasteiger partial charge in [0.1, 0.15) is 5.75 Å². The zero-order chi connectivity index (χ0) is 15.2. The summed E-state index contributed by atoms with van der Waals surface area (Å²) in [7, 11) is 1.69. The maximum atomic E-state index is 5.35. The van der Waals surface area contributed by atoms with Crippen LogP contribution in [0, 0.1) is 6.92 Å². The van der Waals surface area contributed by atoms with Gasteiger partial charge in [-0.05, 0) is 48.9 Å². The number of hydrogen-bond acceptors (Lipinski definition) is 3. The van der Waals surface area contributed by atoms with Crippen LogP contribution in [0.3, 0.4) is 0 Å². The van der Waals surface area contributed by atoms with Crippen LogP contribution < -0.4 is 10.1 Å². The van der Waals surface area contributed by atoms with E-state index >= 15 is 0 Å². The summed E-state index contributed by atoms with van der Waals surface area (Å²) in [6, 6.07) is 10.4. The molecule has 1 aromatic carbocycles. The number of methoxy groups -OCH3 is 1. The van der Waals surface area contributed by atoms with Crippen LogP contribution in [-0.2, 0) is 6.42 Å². The standard InChI is InChI=1S/C17H21BrN2O/c1-4-19-17(11-16-12(2)6-5-9-20-16)14-10-13(21-3)7-8-15(14)18/h5-10,17,19H,4,11H2,1-3H3. The highest BCUT2D eigenvalue weighted by Crippen LogP contribution is 2.30. The first kappa shape index (κ1) is 16.0. The minimum atomic E-state index is 0.202. The molecule has 4 heteroatoms. The van der Waals surface area contributed by atoms with E-state index in [1.807, 2.05) is 24.4 Å². The number of nitrogens with one attached hydrogen (secondary N) is 1. The molecule has 1 atom stereocenters. The van der Waals surface area contributed by atoms with E-state index in [0.717, 1.165) is 28.9 Å². The highest BCUT2D eigenvalue weighted by Gasteiger charge is 2.16. The SMILES string of the molecule is CCNC(Cc1ncccc1C)c1cc(OC)ccc1Br. The summed E-state index contributed by atoms with van der Waals surface area (Å²) in [5.74, 6) is 0.869. The van der Waals surface area contributed by atoms with Crippen LogP contribution in [0.4, 0.5) is 0 Å². The maximum Gasteiger partial charge on any atom is 0.119 e. The van der Waals surface area contributed by atoms with Gasteiger partial charge in [-0.3, -0.25) is 4.98 Å². The molecule has 0 aliphatic heterocycles. The van der Waals surface area contributed by atoms with E-state index in [0.29, 0.717) is 0 Å². The Morgan fingerprint density at radius 1 is 1.33 bits per heavy atom. The Kier molecular flexibility index (Phi) is 5.76. The molecule has 2 aromatic rings. The molecule has 1 aromatic heterocycles. The van der Waals surface area contributed by atoms with Crippen LogP contribution in [0.5, 0.6) is 5.75 Å². The van der Waals surface area contributed by atoms with E-state index in [2.05, 4.69) is 52.2 Å². The monoisotopic (exact) mass is 348 g/mol. The molecule has 0 saturated carbocycles. The molecule has 0 spiro atoms. The Bertz CT molecular complexity index is 601. The summed E-state index contributed by atoms with van der Waals surface area (Å²) < 4.78 is 6.43. The Hall–Kier alpha value is -1.39. The van der Waals surface area contributed by atoms with Gasteiger partial charge in [-0.2, -0.15) is 0 Å². The second-order valence-corrected chi connectivity index (χ2v) is 5.82. The van der Waals surface area contributed by atoms with Crippen molar-refractivity contribution in [2.45, 2.75) is 26.3 Å². The average Bonchev–Trinajstić information content (AvgIpc) is 2.49. The lowest BCUT2D eigenvalue weighted by molar-refractivity contribution is 0.412. The molecule has 0 fully saturated rings. The Morgan fingerprint density at radius 2 is 2.14 bits per heavy atom. The van der Waals surface area contributed by atoms with Crippen molar-refractivity contribution >= 4 is 15.9 Å². The molecular formula is C17H21BrN2O. The fourth-order valence-corrected chi connectivity index (χ4v) is 2.90. The van der Waals surface area contributed by atoms with Crippen LogP contribution in [0.2, 0.25) is 0 Å². The molecule has 0 saturated heterocycles. The van der Waals surface area contributed by atoms with Gasteiger partial charge < -0.3 is 10.1 Å². The van der Waals surface area contributed by atoms with E-state index in [1.54, 1.807) is 7.11 Å². The second kappa shape index (κ2) is 7.57. The number of hydrogen-bond donors (Lipinski definition) is 1. The quantitative estimate of drug-likeness (QED) is 0.854. The average molecular weight is 349 g/mol. The first-order valence-electron chi connectivity index (χ1n) is 7.13. The van der Waals surface area contributed by atoms with Crippen molar-refractivity contribution < 1.29 is 4.74 Å². The molecular weight excluding hydrogens is 328 g/mol. The van der Waals surface area contributed by atoms with Crippen molar-refractivity contribution in [2.24, 2.45) is 0 Å². The fourth-order valence-electron chi connectivity index (χ4n) is 2.38. The van der Waals surface area contributed by atoms with Gasteiger partial charge in [-0.15, -0.1) is 0 Å². The van der Waals surface area contributed by atoms with E-state index < -0.39 is 0 Å². The minimum absolute atomic E-state index is 0.202. The molecule has 1 heterocycles. The van der Waals surface area contributed by atoms with Crippen LogP contribution >= 0.6 is 15.9 Å². The van der Waals surface area contributed by atoms with Crippen molar-refractivity contribution in [3.05, 3.63) is 57.8 Å². The molecule has 2 rings (SSSR count). The van der Waals surface area contributed by atoms with Gasteiger partial charge >= 0.3 is 0 Å². The Morgan fingerprint density at radius 3 is 2.81 bits per heavy atom. The number of aryl methyl sites for hydroxylation is 1. The molecule has 0 aliphatic carbocycles. The van der Waals surface area contributed by atoms with Gasteiger partial charge in [-0.1, -0.05) is 28.9 Å². The lowest BCUT2D eigenvalue weighted by atomic mass is 9.99. The third-order valence-corrected chi connectivity index (χ3v) is 4.27. The van der Waals surface area contributed by atoms with Gasteiger partial charge in [0, 0.05) is 28.8 Å². The lowest BCUT2D eigenvalue weighted by Crippen LogP contribution is -2.24. The van der Waals surface area contributed by atoms with Gasteiger partial charge in [0.2, 0.25) is 0 Å². The molecule has 0 bridgehead atoms. The third kappa shape index (κ3) is 4.05. The van der Waals surface area contributed by atoms with Crippen molar-refractivity contribution in [1.29, 1.82) is 0 Å². The number of benzene rings is 1. The third-order valence-electron chi connectivity index (χ3n) is 3.54. The normalized spacial score (nSPS) is 12.2. The second-order valence-electron chi connectivity index (χ2n) is 4.97. The zero-order valence-corrected chi connectivity index (χ0v) is 14.3. The van der Waals surface area contributed by atoms with Crippen molar-refractivity contribution in [3.8, 4) is 5.75 Å². The molecule has 0 radical (unpaired) electrons. The Balaban J connectivity index is 2.33. The summed E-state index contributed by atoms with van der Waals surface area (Å²) in [5, 5.41) is 3.54. The van der Waals surface area contributed by atoms with E-state index in [9.17, 15) is 0 Å². The number of pyridine rings is 1. The van der Waals surface area contributed by atoms with Gasteiger partial charge in [0.15, 0.2) is 0 Å². The van der Waals surface area contributed by atoms with Gasteiger partial charge in [-0.25, -0.2) is 0 Å². The molecule has 1 N–H and O–H groups in total. The summed E-state index contributed by atoms with van der Waals surface area (Å²) in [4.78, 5) is 4.51. The molecule has 112 valence electrons. The fraction of sp³-hybridized carbons (Fsp3) is 0.353. The number of rotatable bonds is 6. The number of halogens is 1. The largest absolute Gasteiger partial charge is 0.497 e. The summed E-state index contributed by atoms with van der Waals surface area (Å²) >= 11 is 3.65. The number of ether oxygens (including phenoxy) is 1. The zero-order valence-electron chi connectivity index (χ0n) is 12.7. The highest BCUT2D eigenvalue weighted by atomic mass is 79.9. The maximum absolute atomic E-state index is 5.35. The summed E-state index contributed by atoms with van der Waals surface area (Å²) in [5.41, 5.74) is 3.54. The van der Waals surface area contributed by atoms with Crippen LogP contribution in [0.1, 0.15) is 29.8 Å². The summed E-state index contributed by atoms with van der Waals surface area (Å²) in [6.07, 6.45) is 2.71. The first-order valence-corrected chi connectivity index (χ1v) is 7.92. The van der Waals surface area contributed by atoms with Crippen molar-refractivity contribution in [2.75, 3.05) is 13.7 Å². The van der Waals surface area contributed by atoms with Crippen molar-refractivity contribution in [1.82, 2.24) is 10.3 Å². The molecule has 3 nitrogen and oxygen atoms in total. The van der Waals surface area contributed by atoms with Crippen LogP contribution in [0.15, 0.2) is 41.0 Å². The molecule has 21 heavy (non-hydrogen) atoms. The molecule has 0 aliphatic rings. The molecule has 1 unspecified atom stereocenters. The minimum Gasteiger partial charge on any atom is -0.497 e. The van der Waals surface area contributed by atoms with Crippen molar-refractivity contribution in [3.63, 3.8) is 0 Å². The predicted octanol–water partition coefficient (Wildman–Crippen LogP) is 4.05. The van der Waals surface area contributed by atoms with E-state index in [4.69, 9.17) is 4.74 Å². The van der Waals surface area contributed by atoms with Gasteiger partial charge in [0.25, 0.3) is 0 Å². The summed E-state index contributed by atoms with van der Waals surface area (Å²) in [6.45, 7) is 5.12. The van der Waals surface area contributed by atoms with Crippen LogP contribution in [0.25, 0.3) is 0 Å². The highest BCUT2D eigenvalue weighted by molar-refractivity contribution is 9.10. The van der Waals surface area contributed by atoms with Gasteiger partial charge in [0.05, 0.1) is 7.11 Å². The predicted molar refractivity (Wildman–Crippen MR) is 89.8 cm³/mol. The number of likely N-dealkylation sites (N-methyl/N-ethyl adjacent to an activating group) is 1. The number of aromatic nitrogens is 1. The van der Waals surface area contributed by atoms with E-state index in [-0.39, 0.29) is 6.04 Å². The topological polar surface area (TPSA) is 34.2 Å². The smallest absolute Gasteiger partial charge is 0.119 e. The molecule has 0 amide bonds.